The van der Waals surface area contributed by atoms with E-state index in [9.17, 15) is 9.18 Å². The van der Waals surface area contributed by atoms with E-state index < -0.39 is 5.82 Å². The highest BCUT2D eigenvalue weighted by Crippen LogP contribution is 2.14. The standard InChI is InChI=1S/C9H10FN3OS/c10-6-3-11-2-1-7(6)13-9(14)8-4-15-5-12-8/h1-3,8,12H,4-5H2,(H,11,13,14). The average molecular weight is 227 g/mol. The van der Waals surface area contributed by atoms with Gasteiger partial charge in [-0.15, -0.1) is 11.8 Å². The molecule has 1 fully saturated rings. The Bertz CT molecular complexity index is 368. The van der Waals surface area contributed by atoms with E-state index >= 15 is 0 Å². The fourth-order valence-corrected chi connectivity index (χ4v) is 2.20. The molecule has 0 aliphatic carbocycles. The predicted octanol–water partition coefficient (Wildman–Crippen LogP) is 0.822. The van der Waals surface area contributed by atoms with E-state index in [4.69, 9.17) is 0 Å². The van der Waals surface area contributed by atoms with Crippen LogP contribution in [-0.4, -0.2) is 28.6 Å². The third kappa shape index (κ3) is 2.45. The number of pyridine rings is 1. The number of rotatable bonds is 2. The van der Waals surface area contributed by atoms with Gasteiger partial charge in [0, 0.05) is 17.8 Å². The summed E-state index contributed by atoms with van der Waals surface area (Å²) in [6.45, 7) is 0. The Morgan fingerprint density at radius 1 is 1.73 bits per heavy atom. The van der Waals surface area contributed by atoms with Crippen LogP contribution in [0.15, 0.2) is 18.5 Å². The normalized spacial score (nSPS) is 20.2. The maximum atomic E-state index is 13.1. The van der Waals surface area contributed by atoms with Gasteiger partial charge in [-0.05, 0) is 6.07 Å². The molecule has 1 unspecified atom stereocenters. The molecule has 1 aromatic heterocycles. The number of amides is 1. The second kappa shape index (κ2) is 4.59. The number of carbonyl (C=O) groups is 1. The summed E-state index contributed by atoms with van der Waals surface area (Å²) in [5.74, 6) is 0.761. The number of halogens is 1. The molecule has 2 heterocycles. The van der Waals surface area contributed by atoms with Crippen LogP contribution in [0, 0.1) is 5.82 Å². The second-order valence-electron chi connectivity index (χ2n) is 3.12. The van der Waals surface area contributed by atoms with Crippen molar-refractivity contribution in [1.29, 1.82) is 0 Å². The van der Waals surface area contributed by atoms with Crippen molar-refractivity contribution in [2.24, 2.45) is 0 Å². The molecular formula is C9H10FN3OS. The SMILES string of the molecule is O=C(Nc1ccncc1F)C1CSCN1. The topological polar surface area (TPSA) is 54.0 Å². The monoisotopic (exact) mass is 227 g/mol. The number of nitrogens with zero attached hydrogens (tertiary/aromatic N) is 1. The Hall–Kier alpha value is -1.14. The molecule has 1 aromatic rings. The van der Waals surface area contributed by atoms with Gasteiger partial charge in [0.25, 0.3) is 0 Å². The lowest BCUT2D eigenvalue weighted by atomic mass is 10.3. The van der Waals surface area contributed by atoms with Crippen molar-refractivity contribution < 1.29 is 9.18 Å². The van der Waals surface area contributed by atoms with Crippen LogP contribution in [0.2, 0.25) is 0 Å². The lowest BCUT2D eigenvalue weighted by Gasteiger charge is -2.10. The number of thioether (sulfide) groups is 1. The third-order valence-corrected chi connectivity index (χ3v) is 3.00. The van der Waals surface area contributed by atoms with Crippen LogP contribution in [0.1, 0.15) is 0 Å². The summed E-state index contributed by atoms with van der Waals surface area (Å²) in [5.41, 5.74) is 0.175. The van der Waals surface area contributed by atoms with E-state index in [1.165, 1.54) is 12.3 Å². The van der Waals surface area contributed by atoms with Gasteiger partial charge in [0.05, 0.1) is 17.9 Å². The molecule has 0 radical (unpaired) electrons. The number of hydrogen-bond donors (Lipinski definition) is 2. The molecule has 80 valence electrons. The van der Waals surface area contributed by atoms with Gasteiger partial charge in [0.2, 0.25) is 5.91 Å². The summed E-state index contributed by atoms with van der Waals surface area (Å²) in [4.78, 5) is 15.2. The molecule has 2 rings (SSSR count). The first kappa shape index (κ1) is 10.4. The molecule has 15 heavy (non-hydrogen) atoms. The first-order chi connectivity index (χ1) is 7.27. The molecule has 1 aliphatic rings. The predicted molar refractivity (Wildman–Crippen MR) is 57.1 cm³/mol. The van der Waals surface area contributed by atoms with Crippen molar-refractivity contribution in [3.8, 4) is 0 Å². The van der Waals surface area contributed by atoms with Gasteiger partial charge in [0.15, 0.2) is 5.82 Å². The van der Waals surface area contributed by atoms with Crippen LogP contribution in [0.3, 0.4) is 0 Å². The van der Waals surface area contributed by atoms with Crippen LogP contribution in [-0.2, 0) is 4.79 Å². The molecule has 1 atom stereocenters. The fourth-order valence-electron chi connectivity index (χ4n) is 1.26. The number of aromatic nitrogens is 1. The van der Waals surface area contributed by atoms with Gasteiger partial charge in [-0.3, -0.25) is 15.1 Å². The van der Waals surface area contributed by atoms with E-state index in [0.29, 0.717) is 0 Å². The highest BCUT2D eigenvalue weighted by molar-refractivity contribution is 7.99. The summed E-state index contributed by atoms with van der Waals surface area (Å²) in [7, 11) is 0. The number of hydrogen-bond acceptors (Lipinski definition) is 4. The smallest absolute Gasteiger partial charge is 0.242 e. The van der Waals surface area contributed by atoms with Gasteiger partial charge in [-0.2, -0.15) is 0 Å². The van der Waals surface area contributed by atoms with Crippen molar-refractivity contribution in [2.75, 3.05) is 16.9 Å². The summed E-state index contributed by atoms with van der Waals surface area (Å²) in [5, 5.41) is 5.53. The van der Waals surface area contributed by atoms with E-state index in [-0.39, 0.29) is 17.6 Å². The highest BCUT2D eigenvalue weighted by atomic mass is 32.2. The highest BCUT2D eigenvalue weighted by Gasteiger charge is 2.22. The zero-order valence-corrected chi connectivity index (χ0v) is 8.68. The summed E-state index contributed by atoms with van der Waals surface area (Å²) < 4.78 is 13.1. The average Bonchev–Trinajstić information content (AvgIpc) is 2.74. The van der Waals surface area contributed by atoms with Gasteiger partial charge in [-0.25, -0.2) is 4.39 Å². The number of anilines is 1. The zero-order valence-electron chi connectivity index (χ0n) is 7.87. The quantitative estimate of drug-likeness (QED) is 0.785. The number of carbonyl (C=O) groups excluding carboxylic acids is 1. The Labute approximate surface area is 90.7 Å². The minimum Gasteiger partial charge on any atom is -0.322 e. The van der Waals surface area contributed by atoms with Gasteiger partial charge >= 0.3 is 0 Å². The van der Waals surface area contributed by atoms with Crippen LogP contribution < -0.4 is 10.6 Å². The molecule has 6 heteroatoms. The van der Waals surface area contributed by atoms with Crippen molar-refractivity contribution in [1.82, 2.24) is 10.3 Å². The zero-order chi connectivity index (χ0) is 10.7. The van der Waals surface area contributed by atoms with Crippen LogP contribution >= 0.6 is 11.8 Å². The van der Waals surface area contributed by atoms with Gasteiger partial charge in [0.1, 0.15) is 0 Å². The minimum atomic E-state index is -0.517. The Morgan fingerprint density at radius 3 is 3.27 bits per heavy atom. The molecule has 0 aromatic carbocycles. The summed E-state index contributed by atoms with van der Waals surface area (Å²) >= 11 is 1.65. The van der Waals surface area contributed by atoms with E-state index in [0.717, 1.165) is 17.8 Å². The van der Waals surface area contributed by atoms with Crippen molar-refractivity contribution in [2.45, 2.75) is 6.04 Å². The Kier molecular flexibility index (Phi) is 3.17. The lowest BCUT2D eigenvalue weighted by Crippen LogP contribution is -2.37. The third-order valence-electron chi connectivity index (χ3n) is 2.06. The van der Waals surface area contributed by atoms with E-state index in [1.54, 1.807) is 11.8 Å². The second-order valence-corrected chi connectivity index (χ2v) is 4.15. The molecule has 1 aliphatic heterocycles. The Morgan fingerprint density at radius 2 is 2.60 bits per heavy atom. The molecular weight excluding hydrogens is 217 g/mol. The minimum absolute atomic E-state index is 0.175. The maximum absolute atomic E-state index is 13.1. The Balaban J connectivity index is 2.02. The van der Waals surface area contributed by atoms with Crippen LogP contribution in [0.5, 0.6) is 0 Å². The van der Waals surface area contributed by atoms with Gasteiger partial charge < -0.3 is 5.32 Å². The fraction of sp³-hybridized carbons (Fsp3) is 0.333. The molecule has 0 bridgehead atoms. The maximum Gasteiger partial charge on any atom is 0.242 e. The van der Waals surface area contributed by atoms with E-state index in [1.807, 2.05) is 0 Å². The molecule has 4 nitrogen and oxygen atoms in total. The molecule has 0 spiro atoms. The van der Waals surface area contributed by atoms with Crippen LogP contribution in [0.4, 0.5) is 10.1 Å². The lowest BCUT2D eigenvalue weighted by molar-refractivity contribution is -0.117. The van der Waals surface area contributed by atoms with Crippen molar-refractivity contribution in [3.63, 3.8) is 0 Å². The summed E-state index contributed by atoms with van der Waals surface area (Å²) in [6, 6.07) is 1.21. The molecule has 0 saturated carbocycles. The van der Waals surface area contributed by atoms with Gasteiger partial charge in [-0.1, -0.05) is 0 Å². The first-order valence-electron chi connectivity index (χ1n) is 4.49. The summed E-state index contributed by atoms with van der Waals surface area (Å²) in [6.07, 6.45) is 2.52. The molecule has 2 N–H and O–H groups in total. The number of nitrogens with one attached hydrogen (secondary N) is 2. The van der Waals surface area contributed by atoms with Crippen molar-refractivity contribution >= 4 is 23.4 Å². The largest absolute Gasteiger partial charge is 0.322 e. The molecule has 1 saturated heterocycles. The van der Waals surface area contributed by atoms with E-state index in [2.05, 4.69) is 15.6 Å². The first-order valence-corrected chi connectivity index (χ1v) is 5.64. The van der Waals surface area contributed by atoms with Crippen LogP contribution in [0.25, 0.3) is 0 Å². The molecule has 1 amide bonds. The van der Waals surface area contributed by atoms with Crippen molar-refractivity contribution in [3.05, 3.63) is 24.3 Å².